The maximum absolute atomic E-state index is 14.8. The molecule has 1 amide bonds. The van der Waals surface area contributed by atoms with E-state index in [0.29, 0.717) is 22.7 Å². The van der Waals surface area contributed by atoms with Gasteiger partial charge >= 0.3 is 0 Å². The predicted octanol–water partition coefficient (Wildman–Crippen LogP) is 4.28. The van der Waals surface area contributed by atoms with Gasteiger partial charge in [-0.3, -0.25) is 9.48 Å². The highest BCUT2D eigenvalue weighted by Gasteiger charge is 2.54. The van der Waals surface area contributed by atoms with Gasteiger partial charge in [0.2, 0.25) is 5.91 Å². The molecule has 1 saturated carbocycles. The SMILES string of the molecule is CC[C@H]1C(c2cnn(C)c2)[C@H]1C(=O)Nc1cc2cc(-c3c[nH+]ccc3C)c(F)cc2cn1. The number of anilines is 1. The molecule has 162 valence electrons. The molecule has 0 radical (unpaired) electrons. The van der Waals surface area contributed by atoms with Gasteiger partial charge in [0, 0.05) is 48.3 Å². The van der Waals surface area contributed by atoms with Crippen molar-refractivity contribution in [2.45, 2.75) is 26.2 Å². The molecule has 5 rings (SSSR count). The van der Waals surface area contributed by atoms with E-state index in [0.717, 1.165) is 28.5 Å². The number of carbonyl (C=O) groups is 1. The fraction of sp³-hybridized carbons (Fsp3) is 0.280. The molecule has 0 spiro atoms. The summed E-state index contributed by atoms with van der Waals surface area (Å²) in [5.74, 6) is 0.538. The molecule has 4 aromatic rings. The Kier molecular flexibility index (Phi) is 4.96. The Balaban J connectivity index is 1.42. The number of amides is 1. The summed E-state index contributed by atoms with van der Waals surface area (Å²) in [4.78, 5) is 20.4. The van der Waals surface area contributed by atoms with Gasteiger partial charge in [-0.25, -0.2) is 14.4 Å². The number of hydrogen-bond donors (Lipinski definition) is 1. The quantitative estimate of drug-likeness (QED) is 0.514. The van der Waals surface area contributed by atoms with Crippen molar-refractivity contribution in [1.82, 2.24) is 14.8 Å². The first-order valence-corrected chi connectivity index (χ1v) is 10.8. The van der Waals surface area contributed by atoms with E-state index in [4.69, 9.17) is 0 Å². The smallest absolute Gasteiger partial charge is 0.229 e. The van der Waals surface area contributed by atoms with Crippen molar-refractivity contribution in [3.05, 3.63) is 72.2 Å². The summed E-state index contributed by atoms with van der Waals surface area (Å²) in [6.45, 7) is 4.05. The topological polar surface area (TPSA) is 74.0 Å². The molecule has 0 saturated heterocycles. The standard InChI is InChI=1S/C25H24FN5O/c1-4-18-23(17-11-29-31(3)13-17)24(18)25(32)30-22-9-15-7-19(20-12-27-6-5-14(20)2)21(26)8-16(15)10-28-22/h5-13,18,23-24H,4H2,1-3H3,(H,28,30,32)/p+1/t18-,23?,24-/m0/s1. The van der Waals surface area contributed by atoms with Crippen LogP contribution in [-0.2, 0) is 11.8 Å². The largest absolute Gasteiger partial charge is 0.310 e. The Labute approximate surface area is 185 Å². The zero-order chi connectivity index (χ0) is 22.4. The molecule has 7 heteroatoms. The highest BCUT2D eigenvalue weighted by molar-refractivity contribution is 5.97. The van der Waals surface area contributed by atoms with Crippen LogP contribution in [0.25, 0.3) is 21.9 Å². The summed E-state index contributed by atoms with van der Waals surface area (Å²) in [7, 11) is 1.88. The Bertz CT molecular complexity index is 1330. The fourth-order valence-corrected chi connectivity index (χ4v) is 4.75. The molecule has 6 nitrogen and oxygen atoms in total. The minimum Gasteiger partial charge on any atom is -0.310 e. The number of fused-ring (bicyclic) bond motifs is 1. The van der Waals surface area contributed by atoms with E-state index in [2.05, 4.69) is 27.3 Å². The maximum Gasteiger partial charge on any atom is 0.229 e. The first-order chi connectivity index (χ1) is 15.5. The first-order valence-electron chi connectivity index (χ1n) is 10.8. The third-order valence-electron chi connectivity index (χ3n) is 6.48. The molecule has 1 aromatic carbocycles. The fourth-order valence-electron chi connectivity index (χ4n) is 4.75. The average Bonchev–Trinajstić information content (AvgIpc) is 3.37. The van der Waals surface area contributed by atoms with E-state index < -0.39 is 0 Å². The summed E-state index contributed by atoms with van der Waals surface area (Å²) >= 11 is 0. The number of nitrogens with one attached hydrogen (secondary N) is 2. The number of H-pyrrole nitrogens is 1. The molecule has 1 aliphatic carbocycles. The van der Waals surface area contributed by atoms with Crippen molar-refractivity contribution in [2.75, 3.05) is 5.32 Å². The zero-order valence-electron chi connectivity index (χ0n) is 18.3. The summed E-state index contributed by atoms with van der Waals surface area (Å²) in [6.07, 6.45) is 9.96. The number of rotatable bonds is 5. The van der Waals surface area contributed by atoms with Gasteiger partial charge in [0.25, 0.3) is 0 Å². The first kappa shape index (κ1) is 20.3. The molecule has 1 fully saturated rings. The van der Waals surface area contributed by atoms with Crippen LogP contribution in [0.4, 0.5) is 10.2 Å². The lowest BCUT2D eigenvalue weighted by Gasteiger charge is -2.09. The normalized spacial score (nSPS) is 19.8. The van der Waals surface area contributed by atoms with E-state index in [1.165, 1.54) is 6.07 Å². The van der Waals surface area contributed by atoms with Crippen LogP contribution in [0.3, 0.4) is 0 Å². The van der Waals surface area contributed by atoms with Crippen LogP contribution < -0.4 is 10.3 Å². The number of halogens is 1. The molecule has 2 N–H and O–H groups in total. The molecule has 0 bridgehead atoms. The van der Waals surface area contributed by atoms with Crippen molar-refractivity contribution in [1.29, 1.82) is 0 Å². The molecule has 0 aliphatic heterocycles. The maximum atomic E-state index is 14.8. The number of carbonyl (C=O) groups excluding carboxylic acids is 1. The van der Waals surface area contributed by atoms with Crippen molar-refractivity contribution in [3.8, 4) is 11.1 Å². The van der Waals surface area contributed by atoms with Crippen LogP contribution in [0, 0.1) is 24.6 Å². The summed E-state index contributed by atoms with van der Waals surface area (Å²) < 4.78 is 16.5. The molecule has 3 atom stereocenters. The number of benzene rings is 1. The summed E-state index contributed by atoms with van der Waals surface area (Å²) in [5, 5.41) is 8.73. The number of nitrogens with zero attached hydrogens (tertiary/aromatic N) is 3. The second-order valence-corrected chi connectivity index (χ2v) is 8.55. The van der Waals surface area contributed by atoms with Gasteiger partial charge in [-0.15, -0.1) is 0 Å². The van der Waals surface area contributed by atoms with Crippen LogP contribution in [0.15, 0.2) is 55.2 Å². The highest BCUT2D eigenvalue weighted by atomic mass is 19.1. The Morgan fingerprint density at radius 2 is 2.06 bits per heavy atom. The lowest BCUT2D eigenvalue weighted by atomic mass is 9.99. The van der Waals surface area contributed by atoms with Crippen LogP contribution >= 0.6 is 0 Å². The Hall–Kier alpha value is -3.61. The van der Waals surface area contributed by atoms with Gasteiger partial charge in [0.05, 0.1) is 11.8 Å². The van der Waals surface area contributed by atoms with E-state index >= 15 is 0 Å². The van der Waals surface area contributed by atoms with Crippen LogP contribution in [0.1, 0.15) is 30.4 Å². The van der Waals surface area contributed by atoms with E-state index in [-0.39, 0.29) is 23.6 Å². The van der Waals surface area contributed by atoms with Crippen molar-refractivity contribution in [2.24, 2.45) is 18.9 Å². The van der Waals surface area contributed by atoms with Gasteiger partial charge < -0.3 is 5.32 Å². The van der Waals surface area contributed by atoms with E-state index in [1.807, 2.05) is 44.7 Å². The monoisotopic (exact) mass is 430 g/mol. The Morgan fingerprint density at radius 3 is 2.78 bits per heavy atom. The van der Waals surface area contributed by atoms with Gasteiger partial charge in [-0.2, -0.15) is 5.10 Å². The lowest BCUT2D eigenvalue weighted by Crippen LogP contribution is -2.16. The second kappa shape index (κ2) is 7.82. The molecule has 3 heterocycles. The number of aromatic amines is 1. The summed E-state index contributed by atoms with van der Waals surface area (Å²) in [5.41, 5.74) is 3.39. The number of pyridine rings is 2. The Morgan fingerprint density at radius 1 is 1.22 bits per heavy atom. The lowest BCUT2D eigenvalue weighted by molar-refractivity contribution is -0.377. The van der Waals surface area contributed by atoms with Crippen LogP contribution in [-0.4, -0.2) is 20.7 Å². The van der Waals surface area contributed by atoms with Gasteiger partial charge in [-0.1, -0.05) is 13.3 Å². The van der Waals surface area contributed by atoms with Gasteiger partial charge in [0.15, 0.2) is 12.4 Å². The molecule has 1 aliphatic rings. The minimum atomic E-state index is -0.304. The minimum absolute atomic E-state index is 0.0339. The second-order valence-electron chi connectivity index (χ2n) is 8.55. The van der Waals surface area contributed by atoms with Gasteiger partial charge in [-0.05, 0) is 47.6 Å². The van der Waals surface area contributed by atoms with E-state index in [1.54, 1.807) is 23.1 Å². The molecule has 32 heavy (non-hydrogen) atoms. The van der Waals surface area contributed by atoms with E-state index in [9.17, 15) is 9.18 Å². The average molecular weight is 431 g/mol. The molecule has 3 aromatic heterocycles. The highest BCUT2D eigenvalue weighted by Crippen LogP contribution is 2.56. The third kappa shape index (κ3) is 3.53. The van der Waals surface area contributed by atoms with Crippen molar-refractivity contribution < 1.29 is 14.2 Å². The van der Waals surface area contributed by atoms with Crippen LogP contribution in [0.5, 0.6) is 0 Å². The third-order valence-corrected chi connectivity index (χ3v) is 6.48. The van der Waals surface area contributed by atoms with Crippen molar-refractivity contribution in [3.63, 3.8) is 0 Å². The number of aromatic nitrogens is 4. The predicted molar refractivity (Wildman–Crippen MR) is 120 cm³/mol. The zero-order valence-corrected chi connectivity index (χ0v) is 18.3. The van der Waals surface area contributed by atoms with Crippen molar-refractivity contribution >= 4 is 22.5 Å². The number of aryl methyl sites for hydroxylation is 2. The summed E-state index contributed by atoms with van der Waals surface area (Å²) in [6, 6.07) is 7.01. The number of hydrogen-bond acceptors (Lipinski definition) is 3. The van der Waals surface area contributed by atoms with Crippen LogP contribution in [0.2, 0.25) is 0 Å². The molecule has 1 unspecified atom stereocenters. The molecular weight excluding hydrogens is 405 g/mol. The molecular formula is C25H25FN5O+. The van der Waals surface area contributed by atoms with Gasteiger partial charge in [0.1, 0.15) is 11.6 Å².